The zero-order valence-corrected chi connectivity index (χ0v) is 7.80. The van der Waals surface area contributed by atoms with Gasteiger partial charge in [0.25, 0.3) is 0 Å². The van der Waals surface area contributed by atoms with Crippen LogP contribution >= 0.6 is 15.9 Å². The van der Waals surface area contributed by atoms with Gasteiger partial charge in [0, 0.05) is 0 Å². The Balaban J connectivity index is 2.92. The van der Waals surface area contributed by atoms with Crippen molar-refractivity contribution in [2.45, 2.75) is 11.8 Å². The van der Waals surface area contributed by atoms with Gasteiger partial charge in [0.1, 0.15) is 4.83 Å². The zero-order chi connectivity index (χ0) is 8.27. The van der Waals surface area contributed by atoms with Crippen LogP contribution in [0.1, 0.15) is 16.0 Å². The molecule has 0 bridgehead atoms. The van der Waals surface area contributed by atoms with Gasteiger partial charge in [0.2, 0.25) is 0 Å². The van der Waals surface area contributed by atoms with Gasteiger partial charge in [-0.25, -0.2) is 0 Å². The van der Waals surface area contributed by atoms with E-state index in [2.05, 4.69) is 22.0 Å². The summed E-state index contributed by atoms with van der Waals surface area (Å²) >= 11 is 3.25. The van der Waals surface area contributed by atoms with Crippen LogP contribution in [-0.4, -0.2) is 0 Å². The first-order valence-corrected chi connectivity index (χ1v) is 4.26. The summed E-state index contributed by atoms with van der Waals surface area (Å²) in [4.78, 5) is -0.178. The molecule has 1 nitrogen and oxygen atoms in total. The predicted molar refractivity (Wildman–Crippen MR) is 48.5 cm³/mol. The number of halogens is 1. The molecule has 0 saturated heterocycles. The van der Waals surface area contributed by atoms with Crippen molar-refractivity contribution in [2.75, 3.05) is 0 Å². The van der Waals surface area contributed by atoms with E-state index in [0.29, 0.717) is 0 Å². The summed E-state index contributed by atoms with van der Waals surface area (Å²) in [5, 5.41) is 8.56. The third kappa shape index (κ3) is 2.06. The first kappa shape index (κ1) is 8.29. The highest BCUT2D eigenvalue weighted by molar-refractivity contribution is 9.09. The summed E-state index contributed by atoms with van der Waals surface area (Å²) in [6, 6.07) is 10.0. The van der Waals surface area contributed by atoms with Crippen molar-refractivity contribution < 1.29 is 0 Å². The van der Waals surface area contributed by atoms with E-state index in [-0.39, 0.29) is 4.83 Å². The molecule has 1 unspecified atom stereocenters. The van der Waals surface area contributed by atoms with E-state index < -0.39 is 0 Å². The van der Waals surface area contributed by atoms with Gasteiger partial charge < -0.3 is 0 Å². The molecule has 1 rings (SSSR count). The summed E-state index contributed by atoms with van der Waals surface area (Å²) in [5.41, 5.74) is 2.23. The molecule has 0 heterocycles. The third-order valence-corrected chi connectivity index (χ3v) is 2.22. The lowest BCUT2D eigenvalue weighted by atomic mass is 10.1. The number of hydrogen-bond acceptors (Lipinski definition) is 1. The van der Waals surface area contributed by atoms with Gasteiger partial charge in [-0.1, -0.05) is 45.8 Å². The highest BCUT2D eigenvalue weighted by Crippen LogP contribution is 2.21. The fourth-order valence-electron chi connectivity index (χ4n) is 0.810. The Morgan fingerprint density at radius 2 is 1.91 bits per heavy atom. The van der Waals surface area contributed by atoms with Crippen LogP contribution in [0, 0.1) is 18.3 Å². The second-order valence-corrected chi connectivity index (χ2v) is 3.32. The molecule has 0 aromatic heterocycles. The van der Waals surface area contributed by atoms with Crippen LogP contribution in [0.15, 0.2) is 24.3 Å². The van der Waals surface area contributed by atoms with E-state index in [9.17, 15) is 0 Å². The van der Waals surface area contributed by atoms with E-state index in [1.807, 2.05) is 31.2 Å². The predicted octanol–water partition coefficient (Wildman–Crippen LogP) is 2.95. The molecule has 0 fully saturated rings. The normalized spacial score (nSPS) is 12.1. The molecule has 0 amide bonds. The molecule has 1 atom stereocenters. The average molecular weight is 210 g/mol. The maximum absolute atomic E-state index is 8.56. The van der Waals surface area contributed by atoms with Crippen LogP contribution in [0.4, 0.5) is 0 Å². The Morgan fingerprint density at radius 3 is 2.36 bits per heavy atom. The molecule has 1 aromatic rings. The molecule has 0 radical (unpaired) electrons. The highest BCUT2D eigenvalue weighted by Gasteiger charge is 2.02. The van der Waals surface area contributed by atoms with Crippen molar-refractivity contribution in [3.8, 4) is 6.07 Å². The van der Waals surface area contributed by atoms with Gasteiger partial charge in [-0.2, -0.15) is 5.26 Å². The Kier molecular flexibility index (Phi) is 2.67. The van der Waals surface area contributed by atoms with Crippen molar-refractivity contribution >= 4 is 15.9 Å². The third-order valence-electron chi connectivity index (χ3n) is 1.48. The molecule has 0 spiro atoms. The quantitative estimate of drug-likeness (QED) is 0.653. The topological polar surface area (TPSA) is 23.8 Å². The number of aryl methyl sites for hydroxylation is 1. The Hall–Kier alpha value is -0.810. The minimum absolute atomic E-state index is 0.178. The molecule has 0 aliphatic carbocycles. The SMILES string of the molecule is Cc1ccc(C(Br)C#N)cc1. The molecule has 0 saturated carbocycles. The van der Waals surface area contributed by atoms with E-state index >= 15 is 0 Å². The van der Waals surface area contributed by atoms with Crippen molar-refractivity contribution in [2.24, 2.45) is 0 Å². The summed E-state index contributed by atoms with van der Waals surface area (Å²) in [7, 11) is 0. The zero-order valence-electron chi connectivity index (χ0n) is 6.21. The first-order valence-electron chi connectivity index (χ1n) is 3.34. The molecule has 56 valence electrons. The second kappa shape index (κ2) is 3.54. The molecular weight excluding hydrogens is 202 g/mol. The van der Waals surface area contributed by atoms with Gasteiger partial charge in [-0.15, -0.1) is 0 Å². The molecule has 0 aliphatic heterocycles. The van der Waals surface area contributed by atoms with Crippen LogP contribution in [0.3, 0.4) is 0 Å². The number of alkyl halides is 1. The Labute approximate surface area is 74.8 Å². The van der Waals surface area contributed by atoms with Gasteiger partial charge >= 0.3 is 0 Å². The number of nitriles is 1. The molecule has 0 aliphatic rings. The maximum atomic E-state index is 8.56. The molecular formula is C9H8BrN. The monoisotopic (exact) mass is 209 g/mol. The van der Waals surface area contributed by atoms with Gasteiger partial charge in [0.05, 0.1) is 6.07 Å². The Morgan fingerprint density at radius 1 is 1.36 bits per heavy atom. The minimum atomic E-state index is -0.178. The summed E-state index contributed by atoms with van der Waals surface area (Å²) in [6.45, 7) is 2.03. The number of benzene rings is 1. The van der Waals surface area contributed by atoms with E-state index in [1.165, 1.54) is 5.56 Å². The van der Waals surface area contributed by atoms with Crippen LogP contribution < -0.4 is 0 Å². The summed E-state index contributed by atoms with van der Waals surface area (Å²) in [6.07, 6.45) is 0. The highest BCUT2D eigenvalue weighted by atomic mass is 79.9. The van der Waals surface area contributed by atoms with Gasteiger partial charge in [-0.05, 0) is 12.5 Å². The molecule has 11 heavy (non-hydrogen) atoms. The van der Waals surface area contributed by atoms with Crippen LogP contribution in [0.2, 0.25) is 0 Å². The maximum Gasteiger partial charge on any atom is 0.126 e. The van der Waals surface area contributed by atoms with E-state index in [1.54, 1.807) is 0 Å². The van der Waals surface area contributed by atoms with Crippen molar-refractivity contribution in [1.29, 1.82) is 5.26 Å². The number of nitrogens with zero attached hydrogens (tertiary/aromatic N) is 1. The minimum Gasteiger partial charge on any atom is -0.197 e. The smallest absolute Gasteiger partial charge is 0.126 e. The first-order chi connectivity index (χ1) is 5.24. The van der Waals surface area contributed by atoms with Crippen molar-refractivity contribution in [3.63, 3.8) is 0 Å². The van der Waals surface area contributed by atoms with E-state index in [4.69, 9.17) is 5.26 Å². The van der Waals surface area contributed by atoms with Crippen molar-refractivity contribution in [1.82, 2.24) is 0 Å². The largest absolute Gasteiger partial charge is 0.197 e. The van der Waals surface area contributed by atoms with Crippen molar-refractivity contribution in [3.05, 3.63) is 35.4 Å². The summed E-state index contributed by atoms with van der Waals surface area (Å²) < 4.78 is 0. The standard InChI is InChI=1S/C9H8BrN/c1-7-2-4-8(5-3-7)9(10)6-11/h2-5,9H,1H3. The van der Waals surface area contributed by atoms with E-state index in [0.717, 1.165) is 5.56 Å². The fourth-order valence-corrected chi connectivity index (χ4v) is 1.12. The van der Waals surface area contributed by atoms with Gasteiger partial charge in [0.15, 0.2) is 0 Å². The fraction of sp³-hybridized carbons (Fsp3) is 0.222. The second-order valence-electron chi connectivity index (χ2n) is 2.40. The lowest BCUT2D eigenvalue weighted by Crippen LogP contribution is -1.84. The number of rotatable bonds is 1. The number of hydrogen-bond donors (Lipinski definition) is 0. The van der Waals surface area contributed by atoms with Crippen LogP contribution in [0.25, 0.3) is 0 Å². The van der Waals surface area contributed by atoms with Crippen LogP contribution in [-0.2, 0) is 0 Å². The lowest BCUT2D eigenvalue weighted by molar-refractivity contribution is 1.24. The molecule has 2 heteroatoms. The summed E-state index contributed by atoms with van der Waals surface area (Å²) in [5.74, 6) is 0. The molecule has 1 aromatic carbocycles. The lowest BCUT2D eigenvalue weighted by Gasteiger charge is -1.99. The van der Waals surface area contributed by atoms with Gasteiger partial charge in [-0.3, -0.25) is 0 Å². The average Bonchev–Trinajstić information content (AvgIpc) is 2.05. The Bertz CT molecular complexity index is 271. The molecule has 0 N–H and O–H groups in total. The van der Waals surface area contributed by atoms with Crippen LogP contribution in [0.5, 0.6) is 0 Å².